The van der Waals surface area contributed by atoms with Crippen molar-refractivity contribution >= 4 is 5.84 Å². The Hall–Kier alpha value is -0.570. The van der Waals surface area contributed by atoms with Crippen LogP contribution in [0, 0.1) is 0 Å². The summed E-state index contributed by atoms with van der Waals surface area (Å²) in [5.74, 6) is 0.890. The molecule has 0 spiro atoms. The van der Waals surface area contributed by atoms with E-state index in [1.54, 1.807) is 0 Å². The fourth-order valence-electron chi connectivity index (χ4n) is 2.98. The number of amidine groups is 1. The third kappa shape index (κ3) is 3.21. The molecule has 2 N–H and O–H groups in total. The Kier molecular flexibility index (Phi) is 4.22. The quantitative estimate of drug-likeness (QED) is 0.779. The van der Waals surface area contributed by atoms with Gasteiger partial charge in [-0.3, -0.25) is 4.99 Å². The van der Waals surface area contributed by atoms with Crippen LogP contribution in [0.15, 0.2) is 4.99 Å². The van der Waals surface area contributed by atoms with Crippen LogP contribution in [0.2, 0.25) is 0 Å². The van der Waals surface area contributed by atoms with Crippen LogP contribution in [-0.2, 0) is 0 Å². The van der Waals surface area contributed by atoms with Crippen molar-refractivity contribution in [2.45, 2.75) is 63.5 Å². The molecule has 0 aromatic rings. The number of nitrogens with zero attached hydrogens (tertiary/aromatic N) is 2. The maximum atomic E-state index is 5.90. The van der Waals surface area contributed by atoms with Gasteiger partial charge in [0.1, 0.15) is 0 Å². The van der Waals surface area contributed by atoms with Crippen molar-refractivity contribution in [3.63, 3.8) is 0 Å². The Morgan fingerprint density at radius 3 is 2.88 bits per heavy atom. The van der Waals surface area contributed by atoms with E-state index in [0.717, 1.165) is 18.3 Å². The van der Waals surface area contributed by atoms with Crippen molar-refractivity contribution in [2.24, 2.45) is 10.7 Å². The first-order chi connectivity index (χ1) is 7.75. The van der Waals surface area contributed by atoms with E-state index in [0.29, 0.717) is 6.04 Å². The van der Waals surface area contributed by atoms with Crippen LogP contribution in [0.5, 0.6) is 0 Å². The van der Waals surface area contributed by atoms with Crippen molar-refractivity contribution in [3.05, 3.63) is 0 Å². The van der Waals surface area contributed by atoms with Crippen molar-refractivity contribution in [2.75, 3.05) is 13.6 Å². The predicted molar refractivity (Wildman–Crippen MR) is 68.8 cm³/mol. The molecule has 0 aromatic heterocycles. The molecule has 2 aliphatic rings. The minimum atomic E-state index is 0.494. The Labute approximate surface area is 99.1 Å². The van der Waals surface area contributed by atoms with Gasteiger partial charge in [0, 0.05) is 12.5 Å². The lowest BCUT2D eigenvalue weighted by atomic mass is 9.95. The minimum absolute atomic E-state index is 0.494. The lowest BCUT2D eigenvalue weighted by Crippen LogP contribution is -2.38. The number of hydrogen-bond donors (Lipinski definition) is 1. The largest absolute Gasteiger partial charge is 0.387 e. The third-order valence-electron chi connectivity index (χ3n) is 4.03. The number of likely N-dealkylation sites (tertiary alicyclic amines) is 1. The molecule has 0 amide bonds. The average molecular weight is 223 g/mol. The lowest BCUT2D eigenvalue weighted by Gasteiger charge is -2.34. The van der Waals surface area contributed by atoms with Crippen LogP contribution in [-0.4, -0.2) is 36.4 Å². The Morgan fingerprint density at radius 1 is 1.25 bits per heavy atom. The zero-order valence-electron chi connectivity index (χ0n) is 10.5. The molecular formula is C13H25N3. The molecule has 16 heavy (non-hydrogen) atoms. The molecule has 3 nitrogen and oxygen atoms in total. The van der Waals surface area contributed by atoms with Crippen LogP contribution in [0.1, 0.15) is 51.4 Å². The van der Waals surface area contributed by atoms with Crippen molar-refractivity contribution < 1.29 is 0 Å². The van der Waals surface area contributed by atoms with E-state index in [2.05, 4.69) is 16.9 Å². The molecule has 3 heteroatoms. The molecule has 2 unspecified atom stereocenters. The molecule has 0 aliphatic carbocycles. The second-order valence-electron chi connectivity index (χ2n) is 5.39. The first-order valence-electron chi connectivity index (χ1n) is 6.78. The highest BCUT2D eigenvalue weighted by Gasteiger charge is 2.23. The molecule has 0 radical (unpaired) electrons. The SMILES string of the molecule is CN1CCCCC1CC1CCCCC(N)=N1. The van der Waals surface area contributed by atoms with Gasteiger partial charge in [-0.2, -0.15) is 0 Å². The smallest absolute Gasteiger partial charge is 0.0940 e. The number of hydrogen-bond acceptors (Lipinski definition) is 3. The molecule has 2 heterocycles. The van der Waals surface area contributed by atoms with E-state index < -0.39 is 0 Å². The molecule has 2 atom stereocenters. The fourth-order valence-corrected chi connectivity index (χ4v) is 2.98. The van der Waals surface area contributed by atoms with E-state index in [1.807, 2.05) is 0 Å². The van der Waals surface area contributed by atoms with Gasteiger partial charge in [-0.25, -0.2) is 0 Å². The molecule has 1 saturated heterocycles. The molecule has 2 rings (SSSR count). The highest BCUT2D eigenvalue weighted by molar-refractivity contribution is 5.80. The summed E-state index contributed by atoms with van der Waals surface area (Å²) >= 11 is 0. The average Bonchev–Trinajstić information content (AvgIpc) is 2.46. The number of aliphatic imine (C=N–C) groups is 1. The van der Waals surface area contributed by atoms with E-state index in [9.17, 15) is 0 Å². The van der Waals surface area contributed by atoms with Crippen molar-refractivity contribution in [1.82, 2.24) is 4.90 Å². The fraction of sp³-hybridized carbons (Fsp3) is 0.923. The van der Waals surface area contributed by atoms with Crippen LogP contribution < -0.4 is 5.73 Å². The lowest BCUT2D eigenvalue weighted by molar-refractivity contribution is 0.167. The second kappa shape index (κ2) is 5.67. The van der Waals surface area contributed by atoms with Crippen molar-refractivity contribution in [3.8, 4) is 0 Å². The Morgan fingerprint density at radius 2 is 2.06 bits per heavy atom. The summed E-state index contributed by atoms with van der Waals surface area (Å²) in [4.78, 5) is 7.19. The first kappa shape index (κ1) is 11.9. The molecule has 0 saturated carbocycles. The van der Waals surface area contributed by atoms with Gasteiger partial charge in [0.05, 0.1) is 11.9 Å². The van der Waals surface area contributed by atoms with Gasteiger partial charge in [-0.15, -0.1) is 0 Å². The van der Waals surface area contributed by atoms with Gasteiger partial charge in [0.25, 0.3) is 0 Å². The number of rotatable bonds is 2. The van der Waals surface area contributed by atoms with Gasteiger partial charge in [0.15, 0.2) is 0 Å². The summed E-state index contributed by atoms with van der Waals surface area (Å²) in [5.41, 5.74) is 5.90. The highest BCUT2D eigenvalue weighted by atomic mass is 15.1. The summed E-state index contributed by atoms with van der Waals surface area (Å²) in [6.45, 7) is 1.26. The van der Waals surface area contributed by atoms with E-state index >= 15 is 0 Å². The van der Waals surface area contributed by atoms with Crippen LogP contribution in [0.4, 0.5) is 0 Å². The van der Waals surface area contributed by atoms with E-state index in [1.165, 1.54) is 51.5 Å². The first-order valence-corrected chi connectivity index (χ1v) is 6.78. The summed E-state index contributed by atoms with van der Waals surface area (Å²) in [6.07, 6.45) is 10.1. The zero-order chi connectivity index (χ0) is 11.4. The van der Waals surface area contributed by atoms with Crippen LogP contribution in [0.25, 0.3) is 0 Å². The number of piperidine rings is 1. The molecule has 2 aliphatic heterocycles. The van der Waals surface area contributed by atoms with Crippen LogP contribution >= 0.6 is 0 Å². The highest BCUT2D eigenvalue weighted by Crippen LogP contribution is 2.23. The predicted octanol–water partition coefficient (Wildman–Crippen LogP) is 2.16. The van der Waals surface area contributed by atoms with E-state index in [-0.39, 0.29) is 0 Å². The van der Waals surface area contributed by atoms with Gasteiger partial charge in [0.2, 0.25) is 0 Å². The van der Waals surface area contributed by atoms with Gasteiger partial charge < -0.3 is 10.6 Å². The Balaban J connectivity index is 1.89. The summed E-state index contributed by atoms with van der Waals surface area (Å²) in [5, 5.41) is 0. The molecule has 0 bridgehead atoms. The normalized spacial score (nSPS) is 33.2. The zero-order valence-corrected chi connectivity index (χ0v) is 10.5. The van der Waals surface area contributed by atoms with Gasteiger partial charge in [-0.05, 0) is 45.7 Å². The van der Waals surface area contributed by atoms with E-state index in [4.69, 9.17) is 5.73 Å². The third-order valence-corrected chi connectivity index (χ3v) is 4.03. The van der Waals surface area contributed by atoms with Crippen molar-refractivity contribution in [1.29, 1.82) is 0 Å². The maximum absolute atomic E-state index is 5.90. The molecular weight excluding hydrogens is 198 g/mol. The second-order valence-corrected chi connectivity index (χ2v) is 5.39. The summed E-state index contributed by atoms with van der Waals surface area (Å²) in [6, 6.07) is 1.24. The topological polar surface area (TPSA) is 41.6 Å². The molecule has 92 valence electrons. The summed E-state index contributed by atoms with van der Waals surface area (Å²) in [7, 11) is 2.26. The van der Waals surface area contributed by atoms with Gasteiger partial charge >= 0.3 is 0 Å². The van der Waals surface area contributed by atoms with Crippen LogP contribution in [0.3, 0.4) is 0 Å². The molecule has 0 aromatic carbocycles. The molecule has 1 fully saturated rings. The minimum Gasteiger partial charge on any atom is -0.387 e. The Bertz CT molecular complexity index is 250. The number of nitrogens with two attached hydrogens (primary N) is 1. The van der Waals surface area contributed by atoms with Gasteiger partial charge in [-0.1, -0.05) is 12.8 Å². The summed E-state index contributed by atoms with van der Waals surface area (Å²) < 4.78 is 0. The standard InChI is InChI=1S/C13H25N3/c1-16-9-5-4-7-12(16)10-11-6-2-3-8-13(14)15-11/h11-12H,2-10H2,1H3,(H2,14,15). The monoisotopic (exact) mass is 223 g/mol. The maximum Gasteiger partial charge on any atom is 0.0940 e.